The molecule has 0 aromatic carbocycles. The molecule has 2 rings (SSSR count). The lowest BCUT2D eigenvalue weighted by molar-refractivity contribution is 0.0954. The Bertz CT molecular complexity index is 543. The van der Waals surface area contributed by atoms with E-state index < -0.39 is 0 Å². The van der Waals surface area contributed by atoms with Gasteiger partial charge in [0, 0.05) is 30.4 Å². The summed E-state index contributed by atoms with van der Waals surface area (Å²) in [6.45, 7) is 3.24. The Labute approximate surface area is 123 Å². The third kappa shape index (κ3) is 4.05. The number of carbonyl (C=O) groups is 1. The van der Waals surface area contributed by atoms with Crippen molar-refractivity contribution in [1.29, 1.82) is 0 Å². The summed E-state index contributed by atoms with van der Waals surface area (Å²) in [5.41, 5.74) is 2.10. The highest BCUT2D eigenvalue weighted by Crippen LogP contribution is 2.14. The van der Waals surface area contributed by atoms with Gasteiger partial charge >= 0.3 is 0 Å². The molecule has 2 aromatic heterocycles. The second kappa shape index (κ2) is 7.93. The molecule has 0 spiro atoms. The number of hydrogen-bond acceptors (Lipinski definition) is 4. The molecule has 0 radical (unpaired) electrons. The van der Waals surface area contributed by atoms with Gasteiger partial charge in [0.2, 0.25) is 0 Å². The molecule has 0 aliphatic rings. The number of rotatable bonds is 4. The molecule has 0 aliphatic heterocycles. The number of amides is 1. The van der Waals surface area contributed by atoms with Crippen LogP contribution in [0.15, 0.2) is 12.3 Å². The van der Waals surface area contributed by atoms with Gasteiger partial charge in [-0.3, -0.25) is 9.89 Å². The van der Waals surface area contributed by atoms with Crippen molar-refractivity contribution >= 4 is 41.8 Å². The fourth-order valence-corrected chi connectivity index (χ4v) is 1.55. The van der Waals surface area contributed by atoms with Gasteiger partial charge in [-0.15, -0.1) is 24.8 Å². The summed E-state index contributed by atoms with van der Waals surface area (Å²) in [4.78, 5) is 15.9. The molecule has 0 fully saturated rings. The highest BCUT2D eigenvalue weighted by molar-refractivity contribution is 5.97. The van der Waals surface area contributed by atoms with E-state index in [4.69, 9.17) is 0 Å². The number of pyridine rings is 1. The first-order valence-electron chi connectivity index (χ1n) is 5.46. The van der Waals surface area contributed by atoms with Gasteiger partial charge in [-0.2, -0.15) is 5.10 Å². The number of H-pyrrole nitrogens is 1. The first-order chi connectivity index (χ1) is 8.22. The van der Waals surface area contributed by atoms with Crippen LogP contribution in [0.25, 0.3) is 11.0 Å². The number of aryl methyl sites for hydroxylation is 1. The van der Waals surface area contributed by atoms with E-state index >= 15 is 0 Å². The highest BCUT2D eigenvalue weighted by Gasteiger charge is 2.09. The smallest absolute Gasteiger partial charge is 0.252 e. The molecule has 0 atom stereocenters. The summed E-state index contributed by atoms with van der Waals surface area (Å²) in [5.74, 6) is -0.116. The molecule has 106 valence electrons. The molecule has 8 heteroatoms. The molecule has 0 saturated carbocycles. The summed E-state index contributed by atoms with van der Waals surface area (Å²) < 4.78 is 0. The van der Waals surface area contributed by atoms with Crippen LogP contribution < -0.4 is 10.6 Å². The Morgan fingerprint density at radius 1 is 1.37 bits per heavy atom. The van der Waals surface area contributed by atoms with Gasteiger partial charge in [0.05, 0.1) is 5.56 Å². The number of likely N-dealkylation sites (N-methyl/N-ethyl adjacent to an activating group) is 1. The SMILES string of the molecule is CNCCNC(=O)c1cnc2n[nH]c(C)c2c1.Cl.Cl. The van der Waals surface area contributed by atoms with Gasteiger partial charge in [-0.05, 0) is 20.0 Å². The predicted octanol–water partition coefficient (Wildman–Crippen LogP) is 1.06. The van der Waals surface area contributed by atoms with Gasteiger partial charge in [0.1, 0.15) is 0 Å². The minimum Gasteiger partial charge on any atom is -0.351 e. The largest absolute Gasteiger partial charge is 0.351 e. The summed E-state index contributed by atoms with van der Waals surface area (Å²) in [6.07, 6.45) is 1.54. The average molecular weight is 306 g/mol. The van der Waals surface area contributed by atoms with Gasteiger partial charge < -0.3 is 10.6 Å². The molecular formula is C11H17Cl2N5O. The molecule has 0 saturated heterocycles. The summed E-state index contributed by atoms with van der Waals surface area (Å²) in [6, 6.07) is 1.80. The lowest BCUT2D eigenvalue weighted by Crippen LogP contribution is -2.30. The van der Waals surface area contributed by atoms with Crippen LogP contribution in [0, 0.1) is 6.92 Å². The standard InChI is InChI=1S/C11H15N5O.2ClH/c1-7-9-5-8(6-14-10(9)16-15-7)11(17)13-4-3-12-2;;/h5-6,12H,3-4H2,1-2H3,(H,13,17)(H,14,15,16);2*1H. The highest BCUT2D eigenvalue weighted by atomic mass is 35.5. The lowest BCUT2D eigenvalue weighted by Gasteiger charge is -2.04. The molecule has 0 aliphatic carbocycles. The summed E-state index contributed by atoms with van der Waals surface area (Å²) in [5, 5.41) is 13.5. The molecule has 0 bridgehead atoms. The first kappa shape index (κ1) is 17.6. The number of fused-ring (bicyclic) bond motifs is 1. The topological polar surface area (TPSA) is 82.7 Å². The number of halogens is 2. The maximum absolute atomic E-state index is 11.8. The molecule has 3 N–H and O–H groups in total. The molecule has 1 amide bonds. The third-order valence-corrected chi connectivity index (χ3v) is 2.52. The van der Waals surface area contributed by atoms with Crippen molar-refractivity contribution in [1.82, 2.24) is 25.8 Å². The van der Waals surface area contributed by atoms with Crippen LogP contribution in [0.4, 0.5) is 0 Å². The van der Waals surface area contributed by atoms with Crippen molar-refractivity contribution in [2.75, 3.05) is 20.1 Å². The van der Waals surface area contributed by atoms with Gasteiger partial charge in [0.25, 0.3) is 5.91 Å². The van der Waals surface area contributed by atoms with Crippen molar-refractivity contribution < 1.29 is 4.79 Å². The zero-order valence-corrected chi connectivity index (χ0v) is 12.3. The summed E-state index contributed by atoms with van der Waals surface area (Å²) in [7, 11) is 1.84. The van der Waals surface area contributed by atoms with E-state index in [2.05, 4.69) is 25.8 Å². The maximum Gasteiger partial charge on any atom is 0.252 e. The van der Waals surface area contributed by atoms with Crippen LogP contribution in [0.5, 0.6) is 0 Å². The van der Waals surface area contributed by atoms with Crippen LogP contribution in [0.3, 0.4) is 0 Å². The molecule has 6 nitrogen and oxygen atoms in total. The first-order valence-corrected chi connectivity index (χ1v) is 5.46. The van der Waals surface area contributed by atoms with E-state index in [0.29, 0.717) is 17.8 Å². The number of aromatic amines is 1. The van der Waals surface area contributed by atoms with Crippen molar-refractivity contribution in [3.8, 4) is 0 Å². The lowest BCUT2D eigenvalue weighted by atomic mass is 10.2. The Kier molecular flexibility index (Phi) is 7.36. The van der Waals surface area contributed by atoms with Crippen LogP contribution in [0.1, 0.15) is 16.1 Å². The zero-order chi connectivity index (χ0) is 12.3. The van der Waals surface area contributed by atoms with Crippen LogP contribution in [-0.4, -0.2) is 41.2 Å². The number of carbonyl (C=O) groups excluding carboxylic acids is 1. The second-order valence-electron chi connectivity index (χ2n) is 3.80. The third-order valence-electron chi connectivity index (χ3n) is 2.52. The van der Waals surface area contributed by atoms with Crippen molar-refractivity contribution in [3.63, 3.8) is 0 Å². The quantitative estimate of drug-likeness (QED) is 0.738. The maximum atomic E-state index is 11.8. The van der Waals surface area contributed by atoms with Crippen molar-refractivity contribution in [2.24, 2.45) is 0 Å². The van der Waals surface area contributed by atoms with E-state index in [1.165, 1.54) is 6.20 Å². The zero-order valence-electron chi connectivity index (χ0n) is 10.7. The Balaban J connectivity index is 0.00000162. The van der Waals surface area contributed by atoms with Crippen LogP contribution in [-0.2, 0) is 0 Å². The van der Waals surface area contributed by atoms with E-state index in [9.17, 15) is 4.79 Å². The van der Waals surface area contributed by atoms with Crippen molar-refractivity contribution in [3.05, 3.63) is 23.5 Å². The van der Waals surface area contributed by atoms with E-state index in [0.717, 1.165) is 17.6 Å². The minimum atomic E-state index is -0.116. The fourth-order valence-electron chi connectivity index (χ4n) is 1.55. The number of aromatic nitrogens is 3. The Morgan fingerprint density at radius 3 is 2.79 bits per heavy atom. The Morgan fingerprint density at radius 2 is 2.11 bits per heavy atom. The molecule has 0 unspecified atom stereocenters. The Hall–Kier alpha value is -1.37. The number of hydrogen-bond donors (Lipinski definition) is 3. The van der Waals surface area contributed by atoms with Gasteiger partial charge in [-0.25, -0.2) is 4.98 Å². The summed E-state index contributed by atoms with van der Waals surface area (Å²) >= 11 is 0. The van der Waals surface area contributed by atoms with E-state index in [1.807, 2.05) is 14.0 Å². The molecule has 2 aromatic rings. The second-order valence-corrected chi connectivity index (χ2v) is 3.80. The minimum absolute atomic E-state index is 0. The fraction of sp³-hybridized carbons (Fsp3) is 0.364. The number of nitrogens with zero attached hydrogens (tertiary/aromatic N) is 2. The van der Waals surface area contributed by atoms with E-state index in [-0.39, 0.29) is 30.7 Å². The van der Waals surface area contributed by atoms with Gasteiger partial charge in [0.15, 0.2) is 5.65 Å². The van der Waals surface area contributed by atoms with Gasteiger partial charge in [-0.1, -0.05) is 0 Å². The van der Waals surface area contributed by atoms with Crippen LogP contribution in [0.2, 0.25) is 0 Å². The molecule has 19 heavy (non-hydrogen) atoms. The molecular weight excluding hydrogens is 289 g/mol. The monoisotopic (exact) mass is 305 g/mol. The predicted molar refractivity (Wildman–Crippen MR) is 79.4 cm³/mol. The average Bonchev–Trinajstić information content (AvgIpc) is 2.71. The normalized spacial score (nSPS) is 9.58. The van der Waals surface area contributed by atoms with Crippen LogP contribution >= 0.6 is 24.8 Å². The number of nitrogens with one attached hydrogen (secondary N) is 3. The molecule has 2 heterocycles. The van der Waals surface area contributed by atoms with E-state index in [1.54, 1.807) is 6.07 Å². The van der Waals surface area contributed by atoms with Crippen molar-refractivity contribution in [2.45, 2.75) is 6.92 Å².